The summed E-state index contributed by atoms with van der Waals surface area (Å²) in [6.07, 6.45) is 5.99. The molecule has 0 aromatic carbocycles. The van der Waals surface area contributed by atoms with Crippen molar-refractivity contribution in [2.45, 2.75) is 84.7 Å². The van der Waals surface area contributed by atoms with Gasteiger partial charge in [0.2, 0.25) is 0 Å². The third-order valence-corrected chi connectivity index (χ3v) is 4.53. The molecule has 108 valence electrons. The Balaban J connectivity index is 4.66. The van der Waals surface area contributed by atoms with Gasteiger partial charge < -0.3 is 15.2 Å². The van der Waals surface area contributed by atoms with Gasteiger partial charge in [-0.25, -0.2) is 0 Å². The standard InChI is InChI=1S/C15H31NO2/c1-6-10-11-13(14(17)18)12(5)16-15(7-2,8-3)9-4/h12-13,16H,6-11H2,1-5H3,(H,17,18). The summed E-state index contributed by atoms with van der Waals surface area (Å²) in [5.74, 6) is -1.21. The lowest BCUT2D eigenvalue weighted by molar-refractivity contribution is -0.760. The Bertz CT molecular complexity index is 228. The fourth-order valence-corrected chi connectivity index (χ4v) is 2.80. The molecule has 2 unspecified atom stereocenters. The average molecular weight is 257 g/mol. The second-order valence-corrected chi connectivity index (χ2v) is 5.52. The molecular formula is C15H31NO2. The first-order valence-electron chi connectivity index (χ1n) is 7.53. The fourth-order valence-electron chi connectivity index (χ4n) is 2.80. The number of nitrogens with two attached hydrogens (primary N) is 1. The smallest absolute Gasteiger partial charge is 0.0955 e. The molecule has 0 bridgehead atoms. The Labute approximate surface area is 112 Å². The number of carboxylic acid groups (broad SMARTS) is 1. The Morgan fingerprint density at radius 1 is 1.17 bits per heavy atom. The SMILES string of the molecule is CCCCC(C(=O)[O-])C(C)[NH2+]C(CC)(CC)CC. The molecule has 0 rings (SSSR count). The zero-order chi connectivity index (χ0) is 14.2. The Kier molecular flexibility index (Phi) is 8.25. The summed E-state index contributed by atoms with van der Waals surface area (Å²) >= 11 is 0. The van der Waals surface area contributed by atoms with E-state index in [1.54, 1.807) is 0 Å². The molecular weight excluding hydrogens is 226 g/mol. The van der Waals surface area contributed by atoms with Crippen molar-refractivity contribution in [2.75, 3.05) is 0 Å². The van der Waals surface area contributed by atoms with Crippen molar-refractivity contribution < 1.29 is 15.2 Å². The highest BCUT2D eigenvalue weighted by Crippen LogP contribution is 2.17. The van der Waals surface area contributed by atoms with E-state index in [1.165, 1.54) is 0 Å². The number of hydrogen-bond acceptors (Lipinski definition) is 2. The van der Waals surface area contributed by atoms with Crippen LogP contribution < -0.4 is 10.4 Å². The minimum Gasteiger partial charge on any atom is -0.550 e. The number of carbonyl (C=O) groups is 1. The van der Waals surface area contributed by atoms with Gasteiger partial charge in [0.25, 0.3) is 0 Å². The van der Waals surface area contributed by atoms with Crippen LogP contribution in [-0.2, 0) is 4.79 Å². The average Bonchev–Trinajstić information content (AvgIpc) is 2.36. The molecule has 0 aliphatic carbocycles. The van der Waals surface area contributed by atoms with E-state index in [0.717, 1.165) is 38.5 Å². The van der Waals surface area contributed by atoms with Gasteiger partial charge in [-0.05, 0) is 32.6 Å². The predicted octanol–water partition coefficient (Wildman–Crippen LogP) is 1.46. The van der Waals surface area contributed by atoms with E-state index < -0.39 is 5.97 Å². The molecule has 0 radical (unpaired) electrons. The van der Waals surface area contributed by atoms with Crippen molar-refractivity contribution in [3.8, 4) is 0 Å². The second-order valence-electron chi connectivity index (χ2n) is 5.52. The van der Waals surface area contributed by atoms with Crippen LogP contribution in [0, 0.1) is 5.92 Å². The predicted molar refractivity (Wildman–Crippen MR) is 73.0 cm³/mol. The molecule has 0 fully saturated rings. The normalized spacial score (nSPS) is 15.4. The minimum atomic E-state index is -0.885. The van der Waals surface area contributed by atoms with Crippen molar-refractivity contribution in [1.29, 1.82) is 0 Å². The molecule has 0 heterocycles. The first-order valence-corrected chi connectivity index (χ1v) is 7.53. The summed E-state index contributed by atoms with van der Waals surface area (Å²) in [6, 6.07) is 0.0985. The highest BCUT2D eigenvalue weighted by Gasteiger charge is 2.33. The summed E-state index contributed by atoms with van der Waals surface area (Å²) in [5.41, 5.74) is 0.194. The Hall–Kier alpha value is -0.570. The number of carboxylic acids is 1. The molecule has 0 aromatic rings. The van der Waals surface area contributed by atoms with Gasteiger partial charge in [-0.1, -0.05) is 40.5 Å². The molecule has 0 aliphatic heterocycles. The zero-order valence-corrected chi connectivity index (χ0v) is 12.8. The van der Waals surface area contributed by atoms with Crippen LogP contribution in [0.4, 0.5) is 0 Å². The van der Waals surface area contributed by atoms with E-state index in [0.29, 0.717) is 0 Å². The Morgan fingerprint density at radius 3 is 2.00 bits per heavy atom. The largest absolute Gasteiger partial charge is 0.550 e. The molecule has 18 heavy (non-hydrogen) atoms. The van der Waals surface area contributed by atoms with Crippen LogP contribution in [0.3, 0.4) is 0 Å². The van der Waals surface area contributed by atoms with Crippen LogP contribution in [-0.4, -0.2) is 17.6 Å². The maximum atomic E-state index is 11.3. The lowest BCUT2D eigenvalue weighted by atomic mass is 9.86. The maximum absolute atomic E-state index is 11.3. The summed E-state index contributed by atoms with van der Waals surface area (Å²) in [4.78, 5) is 11.3. The van der Waals surface area contributed by atoms with Crippen LogP contribution in [0.1, 0.15) is 73.1 Å². The summed E-state index contributed by atoms with van der Waals surface area (Å²) in [6.45, 7) is 10.7. The van der Waals surface area contributed by atoms with Crippen molar-refractivity contribution in [3.05, 3.63) is 0 Å². The maximum Gasteiger partial charge on any atom is 0.0955 e. The van der Waals surface area contributed by atoms with Gasteiger partial charge in [-0.15, -0.1) is 0 Å². The highest BCUT2D eigenvalue weighted by molar-refractivity contribution is 5.68. The summed E-state index contributed by atoms with van der Waals surface area (Å²) in [5, 5.41) is 13.5. The van der Waals surface area contributed by atoms with Crippen molar-refractivity contribution in [1.82, 2.24) is 0 Å². The van der Waals surface area contributed by atoms with Crippen molar-refractivity contribution in [3.63, 3.8) is 0 Å². The van der Waals surface area contributed by atoms with Crippen LogP contribution >= 0.6 is 0 Å². The number of carbonyl (C=O) groups excluding carboxylic acids is 1. The third kappa shape index (κ3) is 4.97. The molecule has 2 atom stereocenters. The summed E-state index contributed by atoms with van der Waals surface area (Å²) in [7, 11) is 0. The van der Waals surface area contributed by atoms with Crippen LogP contribution in [0.2, 0.25) is 0 Å². The molecule has 2 N–H and O–H groups in total. The van der Waals surface area contributed by atoms with E-state index in [9.17, 15) is 9.90 Å². The van der Waals surface area contributed by atoms with Crippen LogP contribution in [0.5, 0.6) is 0 Å². The first kappa shape index (κ1) is 17.4. The number of aliphatic carboxylic acids is 1. The number of hydrogen-bond donors (Lipinski definition) is 1. The lowest BCUT2D eigenvalue weighted by Crippen LogP contribution is -3.01. The van der Waals surface area contributed by atoms with Gasteiger partial charge in [-0.3, -0.25) is 0 Å². The number of rotatable bonds is 10. The van der Waals surface area contributed by atoms with Gasteiger partial charge >= 0.3 is 0 Å². The van der Waals surface area contributed by atoms with E-state index in [-0.39, 0.29) is 17.5 Å². The van der Waals surface area contributed by atoms with Gasteiger partial charge in [0.1, 0.15) is 0 Å². The van der Waals surface area contributed by atoms with Crippen LogP contribution in [0.15, 0.2) is 0 Å². The van der Waals surface area contributed by atoms with Gasteiger partial charge in [0, 0.05) is 0 Å². The van der Waals surface area contributed by atoms with E-state index >= 15 is 0 Å². The van der Waals surface area contributed by atoms with Gasteiger partial charge in [-0.2, -0.15) is 0 Å². The molecule has 3 heteroatoms. The first-order chi connectivity index (χ1) is 8.46. The Morgan fingerprint density at radius 2 is 1.67 bits per heavy atom. The van der Waals surface area contributed by atoms with Crippen molar-refractivity contribution >= 4 is 5.97 Å². The molecule has 0 spiro atoms. The highest BCUT2D eigenvalue weighted by atomic mass is 16.4. The molecule has 0 amide bonds. The van der Waals surface area contributed by atoms with Gasteiger partial charge in [0.15, 0.2) is 0 Å². The fraction of sp³-hybridized carbons (Fsp3) is 0.933. The third-order valence-electron chi connectivity index (χ3n) is 4.53. The number of quaternary nitrogens is 1. The topological polar surface area (TPSA) is 56.7 Å². The molecule has 3 nitrogen and oxygen atoms in total. The van der Waals surface area contributed by atoms with E-state index in [2.05, 4.69) is 33.0 Å². The lowest BCUT2D eigenvalue weighted by Gasteiger charge is -2.35. The van der Waals surface area contributed by atoms with Crippen LogP contribution in [0.25, 0.3) is 0 Å². The van der Waals surface area contributed by atoms with Crippen molar-refractivity contribution in [2.24, 2.45) is 5.92 Å². The summed E-state index contributed by atoms with van der Waals surface area (Å²) < 4.78 is 0. The van der Waals surface area contributed by atoms with Gasteiger partial charge in [0.05, 0.1) is 23.5 Å². The second kappa shape index (κ2) is 8.52. The molecule has 0 saturated carbocycles. The van der Waals surface area contributed by atoms with E-state index in [1.807, 2.05) is 6.92 Å². The minimum absolute atomic E-state index is 0.0985. The number of unbranched alkanes of at least 4 members (excludes halogenated alkanes) is 1. The zero-order valence-electron chi connectivity index (χ0n) is 12.8. The monoisotopic (exact) mass is 257 g/mol. The molecule has 0 saturated heterocycles. The van der Waals surface area contributed by atoms with E-state index in [4.69, 9.17) is 0 Å². The molecule has 0 aromatic heterocycles. The molecule has 0 aliphatic rings. The quantitative estimate of drug-likeness (QED) is 0.644.